The molecule has 1 unspecified atom stereocenters. The molecule has 128 valence electrons. The van der Waals surface area contributed by atoms with E-state index in [1.165, 1.54) is 0 Å². The van der Waals surface area contributed by atoms with E-state index in [4.69, 9.17) is 4.74 Å². The van der Waals surface area contributed by atoms with E-state index in [1.807, 2.05) is 54.7 Å². The molecule has 5 nitrogen and oxygen atoms in total. The van der Waals surface area contributed by atoms with Crippen molar-refractivity contribution >= 4 is 27.8 Å². The number of aromatic amines is 1. The fraction of sp³-hybridized carbons (Fsp3) is 0.143. The molecule has 0 amide bonds. The smallest absolute Gasteiger partial charge is 0.312 e. The molecular weight excluding hydrogens is 328 g/mol. The van der Waals surface area contributed by atoms with E-state index in [2.05, 4.69) is 4.98 Å². The highest BCUT2D eigenvalue weighted by Gasteiger charge is 2.34. The van der Waals surface area contributed by atoms with Crippen LogP contribution in [0.4, 0.5) is 0 Å². The van der Waals surface area contributed by atoms with Gasteiger partial charge in [0.25, 0.3) is 5.56 Å². The number of benzene rings is 2. The summed E-state index contributed by atoms with van der Waals surface area (Å²) in [5.41, 5.74) is 3.12. The zero-order valence-electron chi connectivity index (χ0n) is 14.2. The number of pyridine rings is 1. The van der Waals surface area contributed by atoms with Gasteiger partial charge in [-0.15, -0.1) is 0 Å². The molecule has 0 radical (unpaired) electrons. The Morgan fingerprint density at radius 1 is 1.04 bits per heavy atom. The van der Waals surface area contributed by atoms with Crippen LogP contribution in [0, 0.1) is 0 Å². The van der Waals surface area contributed by atoms with Crippen molar-refractivity contribution in [3.8, 4) is 5.75 Å². The van der Waals surface area contributed by atoms with Crippen molar-refractivity contribution in [1.82, 2.24) is 9.55 Å². The molecule has 0 fully saturated rings. The van der Waals surface area contributed by atoms with Gasteiger partial charge in [0.2, 0.25) is 0 Å². The van der Waals surface area contributed by atoms with Crippen LogP contribution >= 0.6 is 0 Å². The van der Waals surface area contributed by atoms with E-state index in [-0.39, 0.29) is 23.9 Å². The van der Waals surface area contributed by atoms with Gasteiger partial charge in [-0.3, -0.25) is 9.59 Å². The number of aromatic nitrogens is 2. The van der Waals surface area contributed by atoms with Gasteiger partial charge in [-0.05, 0) is 23.8 Å². The fourth-order valence-corrected chi connectivity index (χ4v) is 3.98. The van der Waals surface area contributed by atoms with Gasteiger partial charge in [-0.1, -0.05) is 30.3 Å². The van der Waals surface area contributed by atoms with Crippen LogP contribution in [0.25, 0.3) is 21.8 Å². The minimum atomic E-state index is -0.328. The van der Waals surface area contributed by atoms with Crippen LogP contribution in [-0.2, 0) is 11.8 Å². The summed E-state index contributed by atoms with van der Waals surface area (Å²) >= 11 is 0. The summed E-state index contributed by atoms with van der Waals surface area (Å²) in [5.74, 6) is -0.243. The number of carbonyl (C=O) groups is 1. The third-order valence-corrected chi connectivity index (χ3v) is 5.22. The number of nitrogens with zero attached hydrogens (tertiary/aromatic N) is 1. The third-order valence-electron chi connectivity index (χ3n) is 5.22. The summed E-state index contributed by atoms with van der Waals surface area (Å²) in [5, 5.41) is 1.80. The highest BCUT2D eigenvalue weighted by molar-refractivity contribution is 5.93. The predicted molar refractivity (Wildman–Crippen MR) is 99.6 cm³/mol. The number of hydrogen-bond donors (Lipinski definition) is 1. The van der Waals surface area contributed by atoms with Crippen LogP contribution in [0.1, 0.15) is 23.5 Å². The molecule has 3 heterocycles. The van der Waals surface area contributed by atoms with Gasteiger partial charge in [0, 0.05) is 35.5 Å². The molecule has 5 heteroatoms. The maximum absolute atomic E-state index is 13.1. The van der Waals surface area contributed by atoms with Gasteiger partial charge in [-0.2, -0.15) is 0 Å². The van der Waals surface area contributed by atoms with E-state index in [9.17, 15) is 9.59 Å². The number of ether oxygens (including phenoxy) is 1. The van der Waals surface area contributed by atoms with Crippen LogP contribution in [0.2, 0.25) is 0 Å². The topological polar surface area (TPSA) is 64.1 Å². The zero-order valence-corrected chi connectivity index (χ0v) is 14.2. The number of rotatable bonds is 1. The summed E-state index contributed by atoms with van der Waals surface area (Å²) < 4.78 is 7.19. The SMILES string of the molecule is Cn1c(=O)c2c(c3ccccc31)OC(=O)CC2c1c[nH]c2ccccc12. The van der Waals surface area contributed by atoms with Gasteiger partial charge in [0.05, 0.1) is 17.5 Å². The molecule has 0 bridgehead atoms. The van der Waals surface area contributed by atoms with Crippen LogP contribution in [0.5, 0.6) is 5.75 Å². The molecule has 4 aromatic rings. The third kappa shape index (κ3) is 1.97. The summed E-state index contributed by atoms with van der Waals surface area (Å²) in [4.78, 5) is 28.7. The normalized spacial score (nSPS) is 16.7. The molecule has 1 aliphatic rings. The van der Waals surface area contributed by atoms with E-state index in [0.29, 0.717) is 11.3 Å². The van der Waals surface area contributed by atoms with Crippen molar-refractivity contribution in [2.75, 3.05) is 0 Å². The number of H-pyrrole nitrogens is 1. The van der Waals surface area contributed by atoms with Gasteiger partial charge < -0.3 is 14.3 Å². The molecule has 1 aliphatic heterocycles. The predicted octanol–water partition coefficient (Wildman–Crippen LogP) is 3.46. The molecule has 26 heavy (non-hydrogen) atoms. The largest absolute Gasteiger partial charge is 0.425 e. The second kappa shape index (κ2) is 5.33. The molecule has 1 N–H and O–H groups in total. The lowest BCUT2D eigenvalue weighted by atomic mass is 9.86. The number of fused-ring (bicyclic) bond motifs is 4. The van der Waals surface area contributed by atoms with Crippen LogP contribution < -0.4 is 10.3 Å². The molecule has 0 spiro atoms. The highest BCUT2D eigenvalue weighted by Crippen LogP contribution is 2.42. The number of carbonyl (C=O) groups excluding carboxylic acids is 1. The number of nitrogens with one attached hydrogen (secondary N) is 1. The Bertz CT molecular complexity index is 1250. The summed E-state index contributed by atoms with van der Waals surface area (Å²) in [7, 11) is 1.76. The standard InChI is InChI=1S/C21H16N2O3/c1-23-17-9-5-3-7-13(17)20-19(21(23)25)14(10-18(24)26-20)15-11-22-16-8-4-2-6-12(15)16/h2-9,11,14,22H,10H2,1H3. The van der Waals surface area contributed by atoms with E-state index in [1.54, 1.807) is 11.6 Å². The Balaban J connectivity index is 1.87. The second-order valence-electron chi connectivity index (χ2n) is 6.64. The number of para-hydroxylation sites is 2. The minimum Gasteiger partial charge on any atom is -0.425 e. The highest BCUT2D eigenvalue weighted by atomic mass is 16.5. The summed E-state index contributed by atoms with van der Waals surface area (Å²) in [6.45, 7) is 0. The van der Waals surface area contributed by atoms with Crippen molar-refractivity contribution in [2.45, 2.75) is 12.3 Å². The zero-order chi connectivity index (χ0) is 17.8. The first kappa shape index (κ1) is 15.0. The number of aryl methyl sites for hydroxylation is 1. The average molecular weight is 344 g/mol. The van der Waals surface area contributed by atoms with Crippen molar-refractivity contribution in [2.24, 2.45) is 7.05 Å². The van der Waals surface area contributed by atoms with Gasteiger partial charge in [0.1, 0.15) is 5.75 Å². The van der Waals surface area contributed by atoms with Gasteiger partial charge in [-0.25, -0.2) is 0 Å². The van der Waals surface area contributed by atoms with Crippen molar-refractivity contribution < 1.29 is 9.53 Å². The Kier molecular flexibility index (Phi) is 3.06. The Morgan fingerprint density at radius 3 is 2.62 bits per heavy atom. The lowest BCUT2D eigenvalue weighted by Crippen LogP contribution is -2.31. The molecule has 2 aromatic heterocycles. The first-order valence-corrected chi connectivity index (χ1v) is 8.53. The van der Waals surface area contributed by atoms with Gasteiger partial charge in [0.15, 0.2) is 0 Å². The summed E-state index contributed by atoms with van der Waals surface area (Å²) in [6.07, 6.45) is 2.05. The lowest BCUT2D eigenvalue weighted by molar-refractivity contribution is -0.135. The molecule has 5 rings (SSSR count). The Labute approximate surface area is 148 Å². The van der Waals surface area contributed by atoms with Crippen molar-refractivity contribution in [3.63, 3.8) is 0 Å². The fourth-order valence-electron chi connectivity index (χ4n) is 3.98. The van der Waals surface area contributed by atoms with Crippen LogP contribution in [0.3, 0.4) is 0 Å². The van der Waals surface area contributed by atoms with E-state index < -0.39 is 0 Å². The van der Waals surface area contributed by atoms with Crippen LogP contribution in [-0.4, -0.2) is 15.5 Å². The molecule has 0 saturated carbocycles. The number of esters is 1. The molecule has 0 aliphatic carbocycles. The van der Waals surface area contributed by atoms with Crippen LogP contribution in [0.15, 0.2) is 59.5 Å². The summed E-state index contributed by atoms with van der Waals surface area (Å²) in [6, 6.07) is 15.4. The molecule has 0 saturated heterocycles. The quantitative estimate of drug-likeness (QED) is 0.538. The van der Waals surface area contributed by atoms with Crippen molar-refractivity contribution in [1.29, 1.82) is 0 Å². The first-order valence-electron chi connectivity index (χ1n) is 8.53. The second-order valence-corrected chi connectivity index (χ2v) is 6.64. The maximum atomic E-state index is 13.1. The molecule has 2 aromatic carbocycles. The monoisotopic (exact) mass is 344 g/mol. The lowest BCUT2D eigenvalue weighted by Gasteiger charge is -2.26. The Hall–Kier alpha value is -3.34. The Morgan fingerprint density at radius 2 is 1.77 bits per heavy atom. The van der Waals surface area contributed by atoms with Gasteiger partial charge >= 0.3 is 5.97 Å². The average Bonchev–Trinajstić information content (AvgIpc) is 3.09. The minimum absolute atomic E-state index is 0.124. The first-order chi connectivity index (χ1) is 12.6. The molecular formula is C21H16N2O3. The van der Waals surface area contributed by atoms with Crippen molar-refractivity contribution in [3.05, 3.63) is 76.2 Å². The maximum Gasteiger partial charge on any atom is 0.312 e. The molecule has 1 atom stereocenters. The van der Waals surface area contributed by atoms with E-state index in [0.717, 1.165) is 27.4 Å². The van der Waals surface area contributed by atoms with E-state index >= 15 is 0 Å². The number of hydrogen-bond acceptors (Lipinski definition) is 3.